The van der Waals surface area contributed by atoms with E-state index in [1.54, 1.807) is 24.5 Å². The standard InChI is InChI=1S/C15H12ClF3N2S/c1-22-13-8-10(7-11(9-13)15(17,18)19)14(16)21-20-12-5-3-2-4-6-12/h2-9,20H,1H3. The predicted molar refractivity (Wildman–Crippen MR) is 85.7 cm³/mol. The number of para-hydroxylation sites is 1. The quantitative estimate of drug-likeness (QED) is 0.453. The van der Waals surface area contributed by atoms with Gasteiger partial charge in [0, 0.05) is 10.5 Å². The Balaban J connectivity index is 2.30. The third-order valence-electron chi connectivity index (χ3n) is 2.76. The molecule has 0 aliphatic rings. The normalized spacial score (nSPS) is 12.3. The zero-order chi connectivity index (χ0) is 16.2. The molecule has 7 heteroatoms. The molecular formula is C15H12ClF3N2S. The summed E-state index contributed by atoms with van der Waals surface area (Å²) in [5, 5.41) is 3.88. The number of nitrogens with zero attached hydrogens (tertiary/aromatic N) is 1. The van der Waals surface area contributed by atoms with E-state index < -0.39 is 11.7 Å². The molecule has 116 valence electrons. The highest BCUT2D eigenvalue weighted by Crippen LogP contribution is 2.33. The van der Waals surface area contributed by atoms with E-state index in [-0.39, 0.29) is 10.7 Å². The Morgan fingerprint density at radius 1 is 1.14 bits per heavy atom. The molecule has 0 bridgehead atoms. The second-order valence-corrected chi connectivity index (χ2v) is 5.57. The molecule has 0 heterocycles. The van der Waals surface area contributed by atoms with Gasteiger partial charge in [0.05, 0.1) is 11.3 Å². The van der Waals surface area contributed by atoms with Crippen molar-refractivity contribution in [1.29, 1.82) is 0 Å². The fraction of sp³-hybridized carbons (Fsp3) is 0.133. The summed E-state index contributed by atoms with van der Waals surface area (Å²) in [5.74, 6) is 0. The van der Waals surface area contributed by atoms with Crippen LogP contribution < -0.4 is 5.43 Å². The van der Waals surface area contributed by atoms with Gasteiger partial charge in [-0.25, -0.2) is 0 Å². The Labute approximate surface area is 135 Å². The van der Waals surface area contributed by atoms with Crippen molar-refractivity contribution in [2.75, 3.05) is 11.7 Å². The van der Waals surface area contributed by atoms with Gasteiger partial charge in [0.25, 0.3) is 0 Å². The Morgan fingerprint density at radius 2 is 1.82 bits per heavy atom. The summed E-state index contributed by atoms with van der Waals surface area (Å²) >= 11 is 7.23. The average Bonchev–Trinajstić information content (AvgIpc) is 2.52. The van der Waals surface area contributed by atoms with Gasteiger partial charge in [0.1, 0.15) is 0 Å². The SMILES string of the molecule is CSc1cc(C(Cl)=NNc2ccccc2)cc(C(F)(F)F)c1. The summed E-state index contributed by atoms with van der Waals surface area (Å²) in [6.45, 7) is 0. The third-order valence-corrected chi connectivity index (χ3v) is 3.77. The predicted octanol–water partition coefficient (Wildman–Crippen LogP) is 5.44. The molecule has 22 heavy (non-hydrogen) atoms. The zero-order valence-electron chi connectivity index (χ0n) is 11.5. The van der Waals surface area contributed by atoms with Crippen LogP contribution in [0.5, 0.6) is 0 Å². The largest absolute Gasteiger partial charge is 0.416 e. The van der Waals surface area contributed by atoms with Crippen LogP contribution in [-0.4, -0.2) is 11.4 Å². The van der Waals surface area contributed by atoms with Crippen molar-refractivity contribution in [3.63, 3.8) is 0 Å². The molecule has 0 amide bonds. The Kier molecular flexibility index (Phi) is 5.37. The molecule has 0 spiro atoms. The van der Waals surface area contributed by atoms with Crippen molar-refractivity contribution in [3.8, 4) is 0 Å². The number of alkyl halides is 3. The summed E-state index contributed by atoms with van der Waals surface area (Å²) in [4.78, 5) is 0.470. The molecule has 1 N–H and O–H groups in total. The van der Waals surface area contributed by atoms with Gasteiger partial charge >= 0.3 is 6.18 Å². The number of hydrogen-bond acceptors (Lipinski definition) is 3. The highest BCUT2D eigenvalue weighted by atomic mass is 35.5. The van der Waals surface area contributed by atoms with Crippen molar-refractivity contribution in [1.82, 2.24) is 0 Å². The fourth-order valence-electron chi connectivity index (χ4n) is 1.69. The van der Waals surface area contributed by atoms with E-state index in [1.165, 1.54) is 11.8 Å². The summed E-state index contributed by atoms with van der Waals surface area (Å²) in [5.41, 5.74) is 2.86. The van der Waals surface area contributed by atoms with Crippen LogP contribution in [0.15, 0.2) is 58.5 Å². The molecule has 0 unspecified atom stereocenters. The van der Waals surface area contributed by atoms with Crippen LogP contribution in [-0.2, 0) is 6.18 Å². The smallest absolute Gasteiger partial charge is 0.277 e. The van der Waals surface area contributed by atoms with E-state index in [9.17, 15) is 13.2 Å². The van der Waals surface area contributed by atoms with E-state index in [4.69, 9.17) is 11.6 Å². The van der Waals surface area contributed by atoms with Crippen molar-refractivity contribution in [3.05, 3.63) is 59.7 Å². The maximum Gasteiger partial charge on any atom is 0.416 e. The lowest BCUT2D eigenvalue weighted by Gasteiger charge is -2.10. The van der Waals surface area contributed by atoms with Crippen LogP contribution in [0.3, 0.4) is 0 Å². The Hall–Kier alpha value is -1.66. The summed E-state index contributed by atoms with van der Waals surface area (Å²) in [6, 6.07) is 12.6. The minimum Gasteiger partial charge on any atom is -0.277 e. The van der Waals surface area contributed by atoms with E-state index >= 15 is 0 Å². The van der Waals surface area contributed by atoms with E-state index in [0.29, 0.717) is 10.6 Å². The highest BCUT2D eigenvalue weighted by molar-refractivity contribution is 7.98. The minimum absolute atomic E-state index is 0.0368. The number of rotatable bonds is 4. The van der Waals surface area contributed by atoms with E-state index in [1.807, 2.05) is 18.2 Å². The number of thioether (sulfide) groups is 1. The molecule has 2 nitrogen and oxygen atoms in total. The topological polar surface area (TPSA) is 24.4 Å². The fourth-order valence-corrected chi connectivity index (χ4v) is 2.33. The molecule has 2 aromatic rings. The monoisotopic (exact) mass is 344 g/mol. The summed E-state index contributed by atoms with van der Waals surface area (Å²) in [6.07, 6.45) is -2.73. The molecule has 0 saturated heterocycles. The van der Waals surface area contributed by atoms with Gasteiger partial charge in [0.2, 0.25) is 0 Å². The van der Waals surface area contributed by atoms with E-state index in [0.717, 1.165) is 12.1 Å². The summed E-state index contributed by atoms with van der Waals surface area (Å²) in [7, 11) is 0. The first kappa shape index (κ1) is 16.7. The van der Waals surface area contributed by atoms with Crippen molar-refractivity contribution >= 4 is 34.2 Å². The second-order valence-electron chi connectivity index (χ2n) is 4.33. The maximum atomic E-state index is 12.9. The third kappa shape index (κ3) is 4.42. The Morgan fingerprint density at radius 3 is 2.41 bits per heavy atom. The molecule has 0 fully saturated rings. The average molecular weight is 345 g/mol. The number of anilines is 1. The number of nitrogens with one attached hydrogen (secondary N) is 1. The maximum absolute atomic E-state index is 12.9. The van der Waals surface area contributed by atoms with Crippen molar-refractivity contribution < 1.29 is 13.2 Å². The first-order valence-corrected chi connectivity index (χ1v) is 7.81. The number of halogens is 4. The molecule has 0 aliphatic carbocycles. The van der Waals surface area contributed by atoms with E-state index in [2.05, 4.69) is 10.5 Å². The molecule has 0 saturated carbocycles. The number of hydrogen-bond donors (Lipinski definition) is 1. The summed E-state index contributed by atoms with van der Waals surface area (Å²) < 4.78 is 38.7. The lowest BCUT2D eigenvalue weighted by Crippen LogP contribution is -2.07. The Bertz CT molecular complexity index is 672. The van der Waals surface area contributed by atoms with Crippen LogP contribution in [0, 0.1) is 0 Å². The minimum atomic E-state index is -4.43. The first-order valence-electron chi connectivity index (χ1n) is 6.21. The molecule has 0 radical (unpaired) electrons. The number of benzene rings is 2. The van der Waals surface area contributed by atoms with Crippen LogP contribution in [0.1, 0.15) is 11.1 Å². The lowest BCUT2D eigenvalue weighted by atomic mass is 10.1. The number of hydrazone groups is 1. The van der Waals surface area contributed by atoms with Crippen molar-refractivity contribution in [2.24, 2.45) is 5.10 Å². The van der Waals surface area contributed by atoms with Crippen LogP contribution in [0.4, 0.5) is 18.9 Å². The van der Waals surface area contributed by atoms with Gasteiger partial charge in [-0.3, -0.25) is 5.43 Å². The van der Waals surface area contributed by atoms with Crippen LogP contribution in [0.2, 0.25) is 0 Å². The molecule has 0 atom stereocenters. The van der Waals surface area contributed by atoms with Gasteiger partial charge < -0.3 is 0 Å². The zero-order valence-corrected chi connectivity index (χ0v) is 13.1. The van der Waals surface area contributed by atoms with Gasteiger partial charge in [-0.2, -0.15) is 18.3 Å². The lowest BCUT2D eigenvalue weighted by molar-refractivity contribution is -0.137. The molecule has 0 aromatic heterocycles. The van der Waals surface area contributed by atoms with Crippen LogP contribution >= 0.6 is 23.4 Å². The van der Waals surface area contributed by atoms with Gasteiger partial charge in [-0.05, 0) is 36.6 Å². The highest BCUT2D eigenvalue weighted by Gasteiger charge is 2.31. The molecule has 2 rings (SSSR count). The van der Waals surface area contributed by atoms with Gasteiger partial charge in [0.15, 0.2) is 5.17 Å². The second kappa shape index (κ2) is 7.07. The van der Waals surface area contributed by atoms with Crippen molar-refractivity contribution in [2.45, 2.75) is 11.1 Å². The van der Waals surface area contributed by atoms with Crippen LogP contribution in [0.25, 0.3) is 0 Å². The molecular weight excluding hydrogens is 333 g/mol. The molecule has 2 aromatic carbocycles. The van der Waals surface area contributed by atoms with Gasteiger partial charge in [-0.1, -0.05) is 29.8 Å². The first-order chi connectivity index (χ1) is 10.4. The van der Waals surface area contributed by atoms with Gasteiger partial charge in [-0.15, -0.1) is 11.8 Å². The molecule has 0 aliphatic heterocycles.